The summed E-state index contributed by atoms with van der Waals surface area (Å²) in [6.07, 6.45) is 3.13. The van der Waals surface area contributed by atoms with E-state index < -0.39 is 26.5 Å². The van der Waals surface area contributed by atoms with Crippen molar-refractivity contribution in [1.29, 1.82) is 0 Å². The van der Waals surface area contributed by atoms with Gasteiger partial charge in [0, 0.05) is 17.3 Å². The molecule has 0 saturated carbocycles. The Balaban J connectivity index is 2.15. The van der Waals surface area contributed by atoms with Gasteiger partial charge in [-0.1, -0.05) is 12.6 Å². The molecule has 0 saturated heterocycles. The number of hydrogen-bond donors (Lipinski definition) is 3. The highest BCUT2D eigenvalue weighted by atomic mass is 32.2. The van der Waals surface area contributed by atoms with Crippen LogP contribution in [0.25, 0.3) is 0 Å². The molecule has 0 unspecified atom stereocenters. The van der Waals surface area contributed by atoms with Crippen LogP contribution in [0, 0.1) is 13.8 Å². The zero-order chi connectivity index (χ0) is 28.5. The number of hydrogen-bond acceptors (Lipinski definition) is 9. The highest BCUT2D eigenvalue weighted by Crippen LogP contribution is 2.34. The molecule has 0 aliphatic heterocycles. The molecule has 2 aromatic carbocycles. The molecule has 16 heteroatoms. The van der Waals surface area contributed by atoms with Crippen molar-refractivity contribution < 1.29 is 40.2 Å². The van der Waals surface area contributed by atoms with E-state index in [0.29, 0.717) is 11.3 Å². The highest BCUT2D eigenvalue weighted by molar-refractivity contribution is 7.84. The number of anilines is 1. The topological polar surface area (TPSA) is 206 Å². The number of amides is 1. The summed E-state index contributed by atoms with van der Waals surface area (Å²) in [5, 5.41) is 9.61. The number of carbonyl (C=O) groups is 1. The molecule has 3 N–H and O–H groups in total. The Bertz CT molecular complexity index is 1520. The van der Waals surface area contributed by atoms with Gasteiger partial charge in [0.05, 0.1) is 0 Å². The summed E-state index contributed by atoms with van der Waals surface area (Å²) in [5.41, 5.74) is 2.00. The third kappa shape index (κ3) is 10.6. The summed E-state index contributed by atoms with van der Waals surface area (Å²) in [6, 6.07) is 7.54. The van der Waals surface area contributed by atoms with Gasteiger partial charge in [-0.2, -0.15) is 16.8 Å². The molecular weight excluding hydrogens is 542 g/mol. The third-order valence-corrected chi connectivity index (χ3v) is 4.97. The third-order valence-electron chi connectivity index (χ3n) is 4.40. The van der Waals surface area contributed by atoms with Crippen LogP contribution in [0.15, 0.2) is 73.9 Å². The van der Waals surface area contributed by atoms with Gasteiger partial charge in [-0.25, -0.2) is 0 Å². The molecule has 14 nitrogen and oxygen atoms in total. The van der Waals surface area contributed by atoms with Gasteiger partial charge in [-0.05, 0) is 71.3 Å². The monoisotopic (exact) mass is 567 g/mol. The van der Waals surface area contributed by atoms with Gasteiger partial charge in [-0.3, -0.25) is 13.9 Å². The van der Waals surface area contributed by atoms with Gasteiger partial charge in [0.15, 0.2) is 0 Å². The molecule has 0 aliphatic rings. The number of ether oxygens (including phenoxy) is 2. The fraction of sp³-hybridized carbons (Fsp3) is 0.227. The van der Waals surface area contributed by atoms with Crippen molar-refractivity contribution in [1.82, 2.24) is 0 Å². The Labute approximate surface area is 219 Å². The summed E-state index contributed by atoms with van der Waals surface area (Å²) in [6.45, 7) is 8.49. The molecule has 0 atom stereocenters. The number of carbonyl (C=O) groups excluding carboxylic acids is 1. The first-order chi connectivity index (χ1) is 17.6. The van der Waals surface area contributed by atoms with E-state index in [1.807, 2.05) is 0 Å². The predicted octanol–water partition coefficient (Wildman–Crippen LogP) is 4.61. The lowest BCUT2D eigenvalue weighted by atomic mass is 10.1. The summed E-state index contributed by atoms with van der Waals surface area (Å²) in [5.74, 6) is -0.167. The minimum Gasteiger partial charge on any atom is -0.487 e. The lowest BCUT2D eigenvalue weighted by molar-refractivity contribution is -0.112. The maximum Gasteiger partial charge on any atom is 0.396 e. The number of benzene rings is 2. The van der Waals surface area contributed by atoms with Crippen molar-refractivity contribution >= 4 is 43.6 Å². The zero-order valence-corrected chi connectivity index (χ0v) is 22.2. The van der Waals surface area contributed by atoms with E-state index in [1.54, 1.807) is 38.1 Å². The zero-order valence-electron chi connectivity index (χ0n) is 20.5. The van der Waals surface area contributed by atoms with Gasteiger partial charge in [0.2, 0.25) is 0 Å². The van der Waals surface area contributed by atoms with E-state index in [1.165, 1.54) is 25.1 Å². The van der Waals surface area contributed by atoms with Crippen LogP contribution in [0.3, 0.4) is 0 Å². The van der Waals surface area contributed by atoms with E-state index in [9.17, 15) is 21.6 Å². The van der Waals surface area contributed by atoms with Crippen LogP contribution in [0.4, 0.5) is 17.1 Å². The van der Waals surface area contributed by atoms with E-state index in [-0.39, 0.29) is 41.7 Å². The Morgan fingerprint density at radius 1 is 0.921 bits per heavy atom. The molecule has 2 rings (SSSR count). The second-order valence-corrected chi connectivity index (χ2v) is 9.81. The molecule has 0 aromatic heterocycles. The summed E-state index contributed by atoms with van der Waals surface area (Å²) < 4.78 is 78.1. The van der Waals surface area contributed by atoms with Gasteiger partial charge in [0.1, 0.15) is 36.1 Å². The smallest absolute Gasteiger partial charge is 0.396 e. The predicted molar refractivity (Wildman–Crippen MR) is 138 cm³/mol. The fourth-order valence-electron chi connectivity index (χ4n) is 2.65. The van der Waals surface area contributed by atoms with Crippen molar-refractivity contribution in [3.63, 3.8) is 0 Å². The summed E-state index contributed by atoms with van der Waals surface area (Å²) in [4.78, 5) is 12.0. The van der Waals surface area contributed by atoms with Crippen LogP contribution in [0.1, 0.15) is 18.1 Å². The average Bonchev–Trinajstić information content (AvgIpc) is 2.80. The Morgan fingerprint density at radius 2 is 1.45 bits per heavy atom. The molecule has 2 aromatic rings. The Kier molecular flexibility index (Phi) is 10.3. The van der Waals surface area contributed by atoms with Crippen molar-refractivity contribution in [3.8, 4) is 11.5 Å². The van der Waals surface area contributed by atoms with Crippen LogP contribution in [-0.2, 0) is 25.4 Å². The minimum absolute atomic E-state index is 0.0182. The lowest BCUT2D eigenvalue weighted by Crippen LogP contribution is -2.13. The standard InChI is InChI=1S/C22H25N5O9S2/c1-14(2)22(28)23-18-13-21(19(12-16(18)4)25-27-38(32,33)34)36-10-6-5-9-35-20-11-15(3)7-8-17(20)24-26-37(29,30)31/h5-8,11-13H,1,9-10H2,2-4H3,(H,23,28)(H,29,30,31)(H,32,33,34)/b6-5+,26-24?,27-25?. The second-order valence-electron chi connectivity index (χ2n) is 7.69. The molecule has 204 valence electrons. The van der Waals surface area contributed by atoms with Crippen LogP contribution in [0.2, 0.25) is 0 Å². The molecule has 1 amide bonds. The normalized spacial score (nSPS) is 12.3. The van der Waals surface area contributed by atoms with E-state index >= 15 is 0 Å². The molecule has 38 heavy (non-hydrogen) atoms. The summed E-state index contributed by atoms with van der Waals surface area (Å²) >= 11 is 0. The van der Waals surface area contributed by atoms with Crippen LogP contribution in [0.5, 0.6) is 11.5 Å². The van der Waals surface area contributed by atoms with Crippen molar-refractivity contribution in [2.24, 2.45) is 19.3 Å². The van der Waals surface area contributed by atoms with Gasteiger partial charge < -0.3 is 14.8 Å². The first kappa shape index (κ1) is 30.2. The fourth-order valence-corrected chi connectivity index (χ4v) is 3.04. The van der Waals surface area contributed by atoms with Crippen LogP contribution >= 0.6 is 0 Å². The SMILES string of the molecule is C=C(C)C(=O)Nc1cc(OC/C=C/COc2cc(C)ccc2N=NS(=O)(=O)O)c(N=NS(=O)(=O)O)cc1C. The van der Waals surface area contributed by atoms with Gasteiger partial charge in [-0.15, -0.1) is 10.2 Å². The number of nitrogens with zero attached hydrogens (tertiary/aromatic N) is 4. The van der Waals surface area contributed by atoms with Crippen molar-refractivity contribution in [3.05, 3.63) is 65.8 Å². The number of nitrogens with one attached hydrogen (secondary N) is 1. The molecule has 0 heterocycles. The lowest BCUT2D eigenvalue weighted by Gasteiger charge is -2.13. The van der Waals surface area contributed by atoms with E-state index in [4.69, 9.17) is 18.6 Å². The van der Waals surface area contributed by atoms with Gasteiger partial charge in [0.25, 0.3) is 5.91 Å². The molecule has 0 aliphatic carbocycles. The highest BCUT2D eigenvalue weighted by Gasteiger charge is 2.13. The van der Waals surface area contributed by atoms with E-state index in [0.717, 1.165) is 5.56 Å². The first-order valence-corrected chi connectivity index (χ1v) is 13.4. The molecule has 0 spiro atoms. The largest absolute Gasteiger partial charge is 0.487 e. The maximum atomic E-state index is 12.0. The summed E-state index contributed by atoms with van der Waals surface area (Å²) in [7, 11) is -9.40. The molecule has 0 bridgehead atoms. The Hall–Kier alpha value is -3.99. The number of aryl methyl sites for hydroxylation is 2. The second kappa shape index (κ2) is 13.0. The minimum atomic E-state index is -4.74. The molecule has 0 radical (unpaired) electrons. The number of rotatable bonds is 12. The van der Waals surface area contributed by atoms with Crippen molar-refractivity contribution in [2.45, 2.75) is 20.8 Å². The van der Waals surface area contributed by atoms with Gasteiger partial charge >= 0.3 is 20.6 Å². The van der Waals surface area contributed by atoms with Crippen LogP contribution < -0.4 is 14.8 Å². The molecular formula is C22H25N5O9S2. The maximum absolute atomic E-state index is 12.0. The van der Waals surface area contributed by atoms with E-state index in [2.05, 4.69) is 31.2 Å². The average molecular weight is 568 g/mol. The van der Waals surface area contributed by atoms with Crippen LogP contribution in [-0.4, -0.2) is 45.1 Å². The first-order valence-electron chi connectivity index (χ1n) is 10.6. The Morgan fingerprint density at radius 3 is 1.97 bits per heavy atom. The quantitative estimate of drug-likeness (QED) is 0.141. The molecule has 0 fully saturated rings. The van der Waals surface area contributed by atoms with Crippen molar-refractivity contribution in [2.75, 3.05) is 18.5 Å².